The maximum absolute atomic E-state index is 13.4. The number of anilines is 1. The highest BCUT2D eigenvalue weighted by Gasteiger charge is 2.25. The fourth-order valence-electron chi connectivity index (χ4n) is 1.34. The van der Waals surface area contributed by atoms with Crippen molar-refractivity contribution in [2.75, 3.05) is 5.32 Å². The average molecular weight is 260 g/mol. The molecule has 0 aliphatic rings. The predicted octanol–water partition coefficient (Wildman–Crippen LogP) is 2.68. The van der Waals surface area contributed by atoms with E-state index in [1.807, 2.05) is 20.8 Å². The van der Waals surface area contributed by atoms with Crippen LogP contribution in [0.3, 0.4) is 0 Å². The van der Waals surface area contributed by atoms with Crippen molar-refractivity contribution < 1.29 is 9.18 Å². The van der Waals surface area contributed by atoms with Gasteiger partial charge in [-0.3, -0.25) is 0 Å². The van der Waals surface area contributed by atoms with Crippen LogP contribution < -0.4 is 5.32 Å². The Bertz CT molecular complexity index is 406. The van der Waals surface area contributed by atoms with Gasteiger partial charge in [0.2, 0.25) is 5.28 Å². The van der Waals surface area contributed by atoms with Crippen LogP contribution >= 0.6 is 11.6 Å². The van der Waals surface area contributed by atoms with E-state index in [-0.39, 0.29) is 29.0 Å². The molecule has 0 aliphatic heterocycles. The number of hydrogen-bond donors (Lipinski definition) is 1. The zero-order chi connectivity index (χ0) is 13.1. The van der Waals surface area contributed by atoms with Crippen LogP contribution in [0.2, 0.25) is 5.28 Å². The first-order chi connectivity index (χ1) is 7.84. The van der Waals surface area contributed by atoms with Crippen molar-refractivity contribution in [2.24, 2.45) is 5.41 Å². The molecule has 6 heteroatoms. The Kier molecular flexibility index (Phi) is 4.40. The van der Waals surface area contributed by atoms with Crippen LogP contribution in [0.5, 0.6) is 0 Å². The molecule has 0 unspecified atom stereocenters. The summed E-state index contributed by atoms with van der Waals surface area (Å²) in [5, 5.41) is 2.85. The number of rotatable bonds is 4. The number of aldehydes is 1. The van der Waals surface area contributed by atoms with E-state index in [9.17, 15) is 9.18 Å². The summed E-state index contributed by atoms with van der Waals surface area (Å²) in [6.07, 6.45) is 2.06. The summed E-state index contributed by atoms with van der Waals surface area (Å²) in [7, 11) is 0. The van der Waals surface area contributed by atoms with E-state index < -0.39 is 5.82 Å². The maximum atomic E-state index is 13.4. The van der Waals surface area contributed by atoms with Gasteiger partial charge in [0.25, 0.3) is 0 Å². The third kappa shape index (κ3) is 3.93. The fraction of sp³-hybridized carbons (Fsp3) is 0.545. The fourth-order valence-corrected chi connectivity index (χ4v) is 1.47. The first-order valence-electron chi connectivity index (χ1n) is 5.23. The van der Waals surface area contributed by atoms with Crippen molar-refractivity contribution in [3.63, 3.8) is 0 Å². The largest absolute Gasteiger partial charge is 0.364 e. The molecule has 0 aliphatic carbocycles. The minimum Gasteiger partial charge on any atom is -0.364 e. The van der Waals surface area contributed by atoms with Crippen molar-refractivity contribution in [1.82, 2.24) is 9.97 Å². The van der Waals surface area contributed by atoms with Crippen molar-refractivity contribution in [3.8, 4) is 0 Å². The molecular formula is C11H15ClFN3O. The molecule has 0 spiro atoms. The molecule has 0 saturated carbocycles. The van der Waals surface area contributed by atoms with Crippen LogP contribution in [-0.2, 0) is 4.79 Å². The molecule has 0 fully saturated rings. The van der Waals surface area contributed by atoms with Gasteiger partial charge in [-0.2, -0.15) is 4.98 Å². The second-order valence-corrected chi connectivity index (χ2v) is 5.14. The van der Waals surface area contributed by atoms with Gasteiger partial charge in [-0.05, 0) is 17.0 Å². The molecule has 1 rings (SSSR count). The van der Waals surface area contributed by atoms with Gasteiger partial charge in [0, 0.05) is 12.5 Å². The molecule has 1 aromatic heterocycles. The topological polar surface area (TPSA) is 54.9 Å². The molecule has 0 radical (unpaired) electrons. The van der Waals surface area contributed by atoms with E-state index >= 15 is 0 Å². The van der Waals surface area contributed by atoms with E-state index in [0.29, 0.717) is 0 Å². The zero-order valence-corrected chi connectivity index (χ0v) is 10.8. The lowest BCUT2D eigenvalue weighted by Gasteiger charge is -2.30. The monoisotopic (exact) mass is 259 g/mol. The van der Waals surface area contributed by atoms with Crippen LogP contribution in [0.1, 0.15) is 27.2 Å². The molecule has 1 atom stereocenters. The van der Waals surface area contributed by atoms with Gasteiger partial charge in [0.15, 0.2) is 11.6 Å². The molecule has 1 N–H and O–H groups in total. The minimum atomic E-state index is -0.588. The molecule has 1 heterocycles. The highest BCUT2D eigenvalue weighted by atomic mass is 35.5. The summed E-state index contributed by atoms with van der Waals surface area (Å²) in [4.78, 5) is 17.9. The van der Waals surface area contributed by atoms with Gasteiger partial charge in [-0.25, -0.2) is 9.37 Å². The van der Waals surface area contributed by atoms with E-state index in [0.717, 1.165) is 12.5 Å². The van der Waals surface area contributed by atoms with Gasteiger partial charge in [0.1, 0.15) is 6.29 Å². The van der Waals surface area contributed by atoms with Crippen molar-refractivity contribution in [1.29, 1.82) is 0 Å². The molecule has 0 aromatic carbocycles. The van der Waals surface area contributed by atoms with Crippen molar-refractivity contribution >= 4 is 23.7 Å². The highest BCUT2D eigenvalue weighted by Crippen LogP contribution is 2.25. The number of nitrogens with zero attached hydrogens (tertiary/aromatic N) is 2. The summed E-state index contributed by atoms with van der Waals surface area (Å²) in [6, 6.07) is -0.222. The second kappa shape index (κ2) is 5.40. The van der Waals surface area contributed by atoms with E-state index in [1.54, 1.807) is 0 Å². The highest BCUT2D eigenvalue weighted by molar-refractivity contribution is 6.28. The Hall–Kier alpha value is -1.23. The minimum absolute atomic E-state index is 0.0202. The Labute approximate surface area is 105 Å². The van der Waals surface area contributed by atoms with Crippen LogP contribution in [0.25, 0.3) is 0 Å². The number of nitrogens with one attached hydrogen (secondary N) is 1. The second-order valence-electron chi connectivity index (χ2n) is 4.80. The van der Waals surface area contributed by atoms with Gasteiger partial charge in [-0.15, -0.1) is 0 Å². The SMILES string of the molecule is CC(C)(C)[C@@H](CC=O)Nc1nc(Cl)ncc1F. The Morgan fingerprint density at radius 3 is 2.76 bits per heavy atom. The molecule has 94 valence electrons. The molecule has 0 saturated heterocycles. The van der Waals surface area contributed by atoms with Gasteiger partial charge in [-0.1, -0.05) is 20.8 Å². The smallest absolute Gasteiger partial charge is 0.224 e. The predicted molar refractivity (Wildman–Crippen MR) is 64.5 cm³/mol. The molecule has 0 amide bonds. The molecule has 17 heavy (non-hydrogen) atoms. The Morgan fingerprint density at radius 2 is 2.24 bits per heavy atom. The lowest BCUT2D eigenvalue weighted by atomic mass is 9.85. The van der Waals surface area contributed by atoms with Gasteiger partial charge >= 0.3 is 0 Å². The number of halogens is 2. The summed E-state index contributed by atoms with van der Waals surface area (Å²) < 4.78 is 13.4. The number of carbonyl (C=O) groups excluding carboxylic acids is 1. The third-order valence-electron chi connectivity index (χ3n) is 2.40. The van der Waals surface area contributed by atoms with E-state index in [1.165, 1.54) is 0 Å². The molecule has 1 aromatic rings. The van der Waals surface area contributed by atoms with Crippen LogP contribution in [0, 0.1) is 11.2 Å². The standard InChI is InChI=1S/C11H15ClFN3O/c1-11(2,3)8(4-5-17)15-9-7(13)6-14-10(12)16-9/h5-6,8H,4H2,1-3H3,(H,14,15,16)/t8-/m1/s1. The molecular weight excluding hydrogens is 245 g/mol. The summed E-state index contributed by atoms with van der Waals surface area (Å²) >= 11 is 5.59. The lowest BCUT2D eigenvalue weighted by Crippen LogP contribution is -2.35. The average Bonchev–Trinajstić information content (AvgIpc) is 2.21. The number of aromatic nitrogens is 2. The zero-order valence-electron chi connectivity index (χ0n) is 10.00. The van der Waals surface area contributed by atoms with Gasteiger partial charge < -0.3 is 10.1 Å². The lowest BCUT2D eigenvalue weighted by molar-refractivity contribution is -0.108. The maximum Gasteiger partial charge on any atom is 0.224 e. The third-order valence-corrected chi connectivity index (χ3v) is 2.59. The summed E-state index contributed by atoms with van der Waals surface area (Å²) in [5.41, 5.74) is -0.204. The van der Waals surface area contributed by atoms with E-state index in [4.69, 9.17) is 11.6 Å². The van der Waals surface area contributed by atoms with Crippen molar-refractivity contribution in [3.05, 3.63) is 17.3 Å². The number of carbonyl (C=O) groups is 1. The quantitative estimate of drug-likeness (QED) is 0.667. The van der Waals surface area contributed by atoms with Crippen molar-refractivity contribution in [2.45, 2.75) is 33.2 Å². The number of hydrogen-bond acceptors (Lipinski definition) is 4. The first-order valence-corrected chi connectivity index (χ1v) is 5.60. The van der Waals surface area contributed by atoms with Crippen LogP contribution in [-0.4, -0.2) is 22.3 Å². The normalized spacial score (nSPS) is 13.2. The van der Waals surface area contributed by atoms with Crippen LogP contribution in [0.4, 0.5) is 10.2 Å². The van der Waals surface area contributed by atoms with Gasteiger partial charge in [0.05, 0.1) is 6.20 Å². The first kappa shape index (κ1) is 13.8. The van der Waals surface area contributed by atoms with E-state index in [2.05, 4.69) is 15.3 Å². The Balaban J connectivity index is 2.93. The Morgan fingerprint density at radius 1 is 1.59 bits per heavy atom. The van der Waals surface area contributed by atoms with Crippen LogP contribution in [0.15, 0.2) is 6.20 Å². The molecule has 0 bridgehead atoms. The molecule has 4 nitrogen and oxygen atoms in total. The summed E-state index contributed by atoms with van der Waals surface area (Å²) in [5.74, 6) is -0.568. The summed E-state index contributed by atoms with van der Waals surface area (Å²) in [6.45, 7) is 5.86.